The summed E-state index contributed by atoms with van der Waals surface area (Å²) in [5, 5.41) is 9.05. The minimum Gasteiger partial charge on any atom is -0.480 e. The van der Waals surface area contributed by atoms with Crippen LogP contribution < -0.4 is 0 Å². The first-order chi connectivity index (χ1) is 8.18. The first-order valence-corrected chi connectivity index (χ1v) is 6.77. The summed E-state index contributed by atoms with van der Waals surface area (Å²) >= 11 is 0. The van der Waals surface area contributed by atoms with Crippen LogP contribution in [0.1, 0.15) is 39.0 Å². The highest BCUT2D eigenvalue weighted by molar-refractivity contribution is 5.72. The average molecular weight is 241 g/mol. The minimum atomic E-state index is -0.728. The van der Waals surface area contributed by atoms with E-state index in [1.54, 1.807) is 6.92 Å². The van der Waals surface area contributed by atoms with Crippen molar-refractivity contribution in [2.75, 3.05) is 19.7 Å². The van der Waals surface area contributed by atoms with E-state index >= 15 is 0 Å². The van der Waals surface area contributed by atoms with Gasteiger partial charge in [-0.15, -0.1) is 0 Å². The predicted molar refractivity (Wildman–Crippen MR) is 65.0 cm³/mol. The van der Waals surface area contributed by atoms with Crippen LogP contribution in [0.15, 0.2) is 0 Å². The van der Waals surface area contributed by atoms with Gasteiger partial charge in [-0.1, -0.05) is 19.3 Å². The smallest absolute Gasteiger partial charge is 0.320 e. The van der Waals surface area contributed by atoms with E-state index in [2.05, 4.69) is 0 Å². The van der Waals surface area contributed by atoms with Crippen LogP contribution in [0.5, 0.6) is 0 Å². The number of hydrogen-bond donors (Lipinski definition) is 1. The summed E-state index contributed by atoms with van der Waals surface area (Å²) in [6.45, 7) is 3.99. The Hall–Kier alpha value is -0.610. The molecule has 0 aromatic rings. The molecule has 2 unspecified atom stereocenters. The maximum atomic E-state index is 11.0. The van der Waals surface area contributed by atoms with E-state index in [4.69, 9.17) is 9.84 Å². The Labute approximate surface area is 103 Å². The Bertz CT molecular complexity index is 263. The van der Waals surface area contributed by atoms with Crippen molar-refractivity contribution in [3.05, 3.63) is 0 Å². The van der Waals surface area contributed by atoms with Gasteiger partial charge >= 0.3 is 5.97 Å². The Kier molecular flexibility index (Phi) is 4.40. The number of carbonyl (C=O) groups is 1. The number of carboxylic acid groups (broad SMARTS) is 1. The summed E-state index contributed by atoms with van der Waals surface area (Å²) in [5.41, 5.74) is 0. The zero-order chi connectivity index (χ0) is 12.3. The largest absolute Gasteiger partial charge is 0.480 e. The Morgan fingerprint density at radius 3 is 2.71 bits per heavy atom. The van der Waals surface area contributed by atoms with Crippen LogP contribution >= 0.6 is 0 Å². The normalized spacial score (nSPS) is 30.1. The molecule has 2 atom stereocenters. The van der Waals surface area contributed by atoms with Crippen molar-refractivity contribution in [2.45, 2.75) is 51.2 Å². The molecule has 98 valence electrons. The van der Waals surface area contributed by atoms with Crippen molar-refractivity contribution in [1.29, 1.82) is 0 Å². The van der Waals surface area contributed by atoms with Gasteiger partial charge in [0.05, 0.1) is 12.7 Å². The fourth-order valence-corrected chi connectivity index (χ4v) is 3.00. The molecule has 2 rings (SSSR count). The highest BCUT2D eigenvalue weighted by Gasteiger charge is 2.32. The van der Waals surface area contributed by atoms with Gasteiger partial charge in [0, 0.05) is 13.1 Å². The molecule has 1 aliphatic carbocycles. The highest BCUT2D eigenvalue weighted by Crippen LogP contribution is 2.29. The monoisotopic (exact) mass is 241 g/mol. The molecule has 1 aliphatic heterocycles. The summed E-state index contributed by atoms with van der Waals surface area (Å²) in [6, 6.07) is -0.384. The summed E-state index contributed by atoms with van der Waals surface area (Å²) < 4.78 is 5.84. The molecule has 2 fully saturated rings. The van der Waals surface area contributed by atoms with Gasteiger partial charge in [0.1, 0.15) is 6.04 Å². The molecular formula is C13H23NO3. The summed E-state index contributed by atoms with van der Waals surface area (Å²) in [7, 11) is 0. The number of rotatable bonds is 3. The van der Waals surface area contributed by atoms with E-state index in [1.807, 2.05) is 4.90 Å². The molecule has 1 saturated carbocycles. The summed E-state index contributed by atoms with van der Waals surface area (Å²) in [6.07, 6.45) is 6.71. The molecule has 0 aromatic carbocycles. The molecule has 2 aliphatic rings. The van der Waals surface area contributed by atoms with Crippen molar-refractivity contribution in [3.63, 3.8) is 0 Å². The van der Waals surface area contributed by atoms with Gasteiger partial charge < -0.3 is 9.84 Å². The standard InChI is InChI=1S/C13H23NO3/c1-10(13(15)16)14-7-8-17-12(9-14)11-5-3-2-4-6-11/h10-12H,2-9H2,1H3,(H,15,16). The van der Waals surface area contributed by atoms with Crippen molar-refractivity contribution in [1.82, 2.24) is 4.90 Å². The number of carboxylic acids is 1. The second-order valence-electron chi connectivity index (χ2n) is 5.32. The SMILES string of the molecule is CC(C(=O)O)N1CCOC(C2CCCCC2)C1. The van der Waals surface area contributed by atoms with E-state index in [0.29, 0.717) is 12.5 Å². The van der Waals surface area contributed by atoms with Crippen LogP contribution in [-0.4, -0.2) is 47.8 Å². The van der Waals surface area contributed by atoms with Gasteiger partial charge in [0.25, 0.3) is 0 Å². The molecule has 4 nitrogen and oxygen atoms in total. The van der Waals surface area contributed by atoms with E-state index in [-0.39, 0.29) is 12.1 Å². The number of nitrogens with zero attached hydrogens (tertiary/aromatic N) is 1. The second-order valence-corrected chi connectivity index (χ2v) is 5.32. The predicted octanol–water partition coefficient (Wildman–Crippen LogP) is 1.74. The van der Waals surface area contributed by atoms with Gasteiger partial charge in [0.2, 0.25) is 0 Å². The van der Waals surface area contributed by atoms with Gasteiger partial charge in [-0.2, -0.15) is 0 Å². The van der Waals surface area contributed by atoms with Crippen LogP contribution in [-0.2, 0) is 9.53 Å². The number of ether oxygens (including phenoxy) is 1. The zero-order valence-corrected chi connectivity index (χ0v) is 10.6. The molecule has 17 heavy (non-hydrogen) atoms. The maximum Gasteiger partial charge on any atom is 0.320 e. The van der Waals surface area contributed by atoms with Gasteiger partial charge in [0.15, 0.2) is 0 Å². The third-order valence-electron chi connectivity index (χ3n) is 4.21. The minimum absolute atomic E-state index is 0.255. The molecule has 0 aromatic heterocycles. The van der Waals surface area contributed by atoms with E-state index in [1.165, 1.54) is 32.1 Å². The van der Waals surface area contributed by atoms with Gasteiger partial charge in [-0.3, -0.25) is 9.69 Å². The highest BCUT2D eigenvalue weighted by atomic mass is 16.5. The average Bonchev–Trinajstić information content (AvgIpc) is 2.39. The third-order valence-corrected chi connectivity index (χ3v) is 4.21. The number of morpholine rings is 1. The fraction of sp³-hybridized carbons (Fsp3) is 0.923. The molecule has 0 radical (unpaired) electrons. The van der Waals surface area contributed by atoms with E-state index in [0.717, 1.165) is 13.1 Å². The molecule has 0 amide bonds. The zero-order valence-electron chi connectivity index (χ0n) is 10.6. The Morgan fingerprint density at radius 2 is 2.06 bits per heavy atom. The lowest BCUT2D eigenvalue weighted by atomic mass is 9.84. The third kappa shape index (κ3) is 3.19. The number of hydrogen-bond acceptors (Lipinski definition) is 3. The fourth-order valence-electron chi connectivity index (χ4n) is 3.00. The van der Waals surface area contributed by atoms with Crippen molar-refractivity contribution < 1.29 is 14.6 Å². The van der Waals surface area contributed by atoms with E-state index < -0.39 is 5.97 Å². The van der Waals surface area contributed by atoms with Crippen LogP contribution in [0.25, 0.3) is 0 Å². The lowest BCUT2D eigenvalue weighted by Crippen LogP contribution is -2.51. The van der Waals surface area contributed by atoms with Crippen LogP contribution in [0, 0.1) is 5.92 Å². The molecule has 0 spiro atoms. The van der Waals surface area contributed by atoms with Crippen LogP contribution in [0.3, 0.4) is 0 Å². The lowest BCUT2D eigenvalue weighted by Gasteiger charge is -2.39. The lowest BCUT2D eigenvalue weighted by molar-refractivity contribution is -0.147. The molecule has 1 heterocycles. The van der Waals surface area contributed by atoms with Crippen LogP contribution in [0.4, 0.5) is 0 Å². The van der Waals surface area contributed by atoms with Crippen molar-refractivity contribution in [2.24, 2.45) is 5.92 Å². The molecule has 0 bridgehead atoms. The topological polar surface area (TPSA) is 49.8 Å². The first-order valence-electron chi connectivity index (χ1n) is 6.77. The Morgan fingerprint density at radius 1 is 1.35 bits per heavy atom. The Balaban J connectivity index is 1.89. The van der Waals surface area contributed by atoms with Crippen molar-refractivity contribution in [3.8, 4) is 0 Å². The van der Waals surface area contributed by atoms with E-state index in [9.17, 15) is 4.79 Å². The molecule has 4 heteroatoms. The quantitative estimate of drug-likeness (QED) is 0.817. The van der Waals surface area contributed by atoms with Crippen LogP contribution in [0.2, 0.25) is 0 Å². The summed E-state index contributed by atoms with van der Waals surface area (Å²) in [4.78, 5) is 13.0. The molecular weight excluding hydrogens is 218 g/mol. The van der Waals surface area contributed by atoms with Gasteiger partial charge in [-0.25, -0.2) is 0 Å². The molecule has 1 N–H and O–H groups in total. The second kappa shape index (κ2) is 5.83. The summed E-state index contributed by atoms with van der Waals surface area (Å²) in [5.74, 6) is -0.0816. The first kappa shape index (κ1) is 12.8. The number of aliphatic carboxylic acids is 1. The maximum absolute atomic E-state index is 11.0. The van der Waals surface area contributed by atoms with Gasteiger partial charge in [-0.05, 0) is 25.7 Å². The molecule has 1 saturated heterocycles. The van der Waals surface area contributed by atoms with Crippen molar-refractivity contribution >= 4 is 5.97 Å².